The van der Waals surface area contributed by atoms with Crippen LogP contribution in [0.1, 0.15) is 0 Å². The molecule has 2 aromatic rings. The predicted octanol–water partition coefficient (Wildman–Crippen LogP) is 0.821. The maximum atomic E-state index is 4.96. The van der Waals surface area contributed by atoms with Gasteiger partial charge in [0.15, 0.2) is 6.20 Å². The van der Waals surface area contributed by atoms with Gasteiger partial charge in [0.1, 0.15) is 10.8 Å². The number of fused-ring (bicyclic) bond motifs is 1. The van der Waals surface area contributed by atoms with E-state index in [0.717, 1.165) is 10.3 Å². The van der Waals surface area contributed by atoms with E-state index in [1.807, 2.05) is 40.7 Å². The molecule has 0 aliphatic carbocycles. The number of H-pyrrole nitrogens is 1. The molecule has 2 heterocycles. The molecule has 4 heteroatoms. The summed E-state index contributed by atoms with van der Waals surface area (Å²) in [5.74, 6) is 0. The molecule has 0 saturated carbocycles. The third kappa shape index (κ3) is 0.952. The standard InChI is InChI=1S/C7H7N3S/c1-9-4-5-10-7(9)3-2-6(11)8-10/h2-5H,1H3/p+1. The molecule has 2 rings (SSSR count). The van der Waals surface area contributed by atoms with Gasteiger partial charge in [0.2, 0.25) is 0 Å². The van der Waals surface area contributed by atoms with Crippen molar-refractivity contribution in [1.29, 1.82) is 0 Å². The maximum absolute atomic E-state index is 4.96. The Morgan fingerprint density at radius 2 is 2.36 bits per heavy atom. The zero-order valence-corrected chi connectivity index (χ0v) is 6.93. The molecule has 56 valence electrons. The largest absolute Gasteiger partial charge is 0.305 e. The number of imidazole rings is 1. The number of nitrogens with zero attached hydrogens (tertiary/aromatic N) is 2. The molecule has 0 bridgehead atoms. The van der Waals surface area contributed by atoms with E-state index >= 15 is 0 Å². The van der Waals surface area contributed by atoms with E-state index in [9.17, 15) is 0 Å². The lowest BCUT2D eigenvalue weighted by Crippen LogP contribution is -2.25. The zero-order valence-electron chi connectivity index (χ0n) is 6.11. The minimum atomic E-state index is 0.744. The Morgan fingerprint density at radius 1 is 1.55 bits per heavy atom. The second-order valence-electron chi connectivity index (χ2n) is 2.45. The Kier molecular flexibility index (Phi) is 1.29. The summed E-state index contributed by atoms with van der Waals surface area (Å²) in [4.78, 5) is 0. The minimum Gasteiger partial charge on any atom is -0.231 e. The summed E-state index contributed by atoms with van der Waals surface area (Å²) in [5, 5.41) is 3.02. The lowest BCUT2D eigenvalue weighted by molar-refractivity contribution is -0.644. The molecule has 0 unspecified atom stereocenters. The van der Waals surface area contributed by atoms with Crippen molar-refractivity contribution in [3.63, 3.8) is 0 Å². The van der Waals surface area contributed by atoms with Gasteiger partial charge in [-0.3, -0.25) is 0 Å². The van der Waals surface area contributed by atoms with Gasteiger partial charge in [-0.05, 0) is 6.07 Å². The Bertz CT molecular complexity index is 440. The number of hydrogen-bond acceptors (Lipinski definition) is 1. The third-order valence-electron chi connectivity index (χ3n) is 1.66. The van der Waals surface area contributed by atoms with Crippen LogP contribution in [0.3, 0.4) is 0 Å². The molecule has 0 atom stereocenters. The zero-order chi connectivity index (χ0) is 7.84. The summed E-state index contributed by atoms with van der Waals surface area (Å²) >= 11 is 4.96. The fourth-order valence-electron chi connectivity index (χ4n) is 1.09. The van der Waals surface area contributed by atoms with Crippen LogP contribution in [0.5, 0.6) is 0 Å². The van der Waals surface area contributed by atoms with E-state index < -0.39 is 0 Å². The van der Waals surface area contributed by atoms with Gasteiger partial charge in [-0.2, -0.15) is 0 Å². The number of aromatic nitrogens is 3. The van der Waals surface area contributed by atoms with Crippen molar-refractivity contribution in [2.45, 2.75) is 0 Å². The van der Waals surface area contributed by atoms with Crippen LogP contribution in [0.15, 0.2) is 24.5 Å². The molecular weight excluding hydrogens is 158 g/mol. The summed E-state index contributed by atoms with van der Waals surface area (Å²) in [6.07, 6.45) is 3.91. The van der Waals surface area contributed by atoms with Crippen LogP contribution >= 0.6 is 12.2 Å². The van der Waals surface area contributed by atoms with Gasteiger partial charge in [-0.25, -0.2) is 9.67 Å². The van der Waals surface area contributed by atoms with Crippen molar-refractivity contribution in [3.8, 4) is 0 Å². The normalized spacial score (nSPS) is 10.6. The highest BCUT2D eigenvalue weighted by atomic mass is 32.1. The summed E-state index contributed by atoms with van der Waals surface area (Å²) in [6.45, 7) is 0. The second kappa shape index (κ2) is 2.17. The molecule has 0 radical (unpaired) electrons. The van der Waals surface area contributed by atoms with Crippen molar-refractivity contribution in [1.82, 2.24) is 9.61 Å². The molecule has 2 aromatic heterocycles. The number of rotatable bonds is 0. The van der Waals surface area contributed by atoms with E-state index in [-0.39, 0.29) is 0 Å². The Labute approximate surface area is 68.9 Å². The van der Waals surface area contributed by atoms with Crippen LogP contribution in [0.25, 0.3) is 5.65 Å². The Balaban J connectivity index is 2.96. The van der Waals surface area contributed by atoms with Gasteiger partial charge >= 0.3 is 5.65 Å². The fraction of sp³-hybridized carbons (Fsp3) is 0.143. The second-order valence-corrected chi connectivity index (χ2v) is 2.89. The fourth-order valence-corrected chi connectivity index (χ4v) is 1.25. The van der Waals surface area contributed by atoms with Crippen LogP contribution in [0.4, 0.5) is 0 Å². The lowest BCUT2D eigenvalue weighted by Gasteiger charge is -1.86. The first-order valence-corrected chi connectivity index (χ1v) is 3.74. The molecule has 0 saturated heterocycles. The highest BCUT2D eigenvalue weighted by molar-refractivity contribution is 7.71. The Hall–Kier alpha value is -1.16. The highest BCUT2D eigenvalue weighted by Crippen LogP contribution is 1.93. The topological polar surface area (TPSA) is 24.1 Å². The van der Waals surface area contributed by atoms with Crippen molar-refractivity contribution < 1.29 is 4.57 Å². The summed E-state index contributed by atoms with van der Waals surface area (Å²) < 4.78 is 4.65. The van der Waals surface area contributed by atoms with Crippen LogP contribution in [0.2, 0.25) is 0 Å². The van der Waals surface area contributed by atoms with E-state index in [2.05, 4.69) is 5.10 Å². The van der Waals surface area contributed by atoms with E-state index in [1.165, 1.54) is 0 Å². The van der Waals surface area contributed by atoms with Crippen LogP contribution < -0.4 is 4.57 Å². The van der Waals surface area contributed by atoms with E-state index in [1.54, 1.807) is 0 Å². The summed E-state index contributed by atoms with van der Waals surface area (Å²) in [7, 11) is 1.99. The minimum absolute atomic E-state index is 0.744. The molecule has 3 nitrogen and oxygen atoms in total. The van der Waals surface area contributed by atoms with Gasteiger partial charge in [0.25, 0.3) is 0 Å². The van der Waals surface area contributed by atoms with Crippen molar-refractivity contribution in [3.05, 3.63) is 29.2 Å². The smallest absolute Gasteiger partial charge is 0.231 e. The molecule has 0 fully saturated rings. The monoisotopic (exact) mass is 166 g/mol. The highest BCUT2D eigenvalue weighted by Gasteiger charge is 2.02. The summed E-state index contributed by atoms with van der Waals surface area (Å²) in [6, 6.07) is 3.86. The van der Waals surface area contributed by atoms with Crippen molar-refractivity contribution in [2.75, 3.05) is 0 Å². The van der Waals surface area contributed by atoms with Gasteiger partial charge < -0.3 is 0 Å². The SMILES string of the molecule is C[n+]1ccn2[nH]c(=S)ccc21. The van der Waals surface area contributed by atoms with Gasteiger partial charge in [0.05, 0.1) is 7.05 Å². The molecular formula is C7H8N3S+. The van der Waals surface area contributed by atoms with E-state index in [4.69, 9.17) is 12.2 Å². The predicted molar refractivity (Wildman–Crippen MR) is 43.8 cm³/mol. The molecule has 0 amide bonds. The van der Waals surface area contributed by atoms with Crippen LogP contribution in [-0.4, -0.2) is 9.61 Å². The Morgan fingerprint density at radius 3 is 3.18 bits per heavy atom. The quantitative estimate of drug-likeness (QED) is 0.455. The number of hydrogen-bond donors (Lipinski definition) is 1. The number of nitrogens with one attached hydrogen (secondary N) is 1. The third-order valence-corrected chi connectivity index (χ3v) is 1.89. The first kappa shape index (κ1) is 6.54. The maximum Gasteiger partial charge on any atom is 0.305 e. The first-order valence-electron chi connectivity index (χ1n) is 3.33. The van der Waals surface area contributed by atoms with Gasteiger partial charge in [-0.1, -0.05) is 12.2 Å². The summed E-state index contributed by atoms with van der Waals surface area (Å²) in [5.41, 5.74) is 1.10. The number of aromatic amines is 1. The lowest BCUT2D eigenvalue weighted by atomic mass is 10.5. The molecule has 0 spiro atoms. The van der Waals surface area contributed by atoms with Gasteiger partial charge in [0, 0.05) is 6.07 Å². The van der Waals surface area contributed by atoms with Crippen LogP contribution in [0, 0.1) is 4.64 Å². The molecule has 0 aliphatic rings. The first-order chi connectivity index (χ1) is 5.27. The molecule has 1 N–H and O–H groups in total. The average molecular weight is 166 g/mol. The molecule has 11 heavy (non-hydrogen) atoms. The average Bonchev–Trinajstić information content (AvgIpc) is 2.32. The molecule has 0 aromatic carbocycles. The number of aryl methyl sites for hydroxylation is 1. The van der Waals surface area contributed by atoms with Gasteiger partial charge in [-0.15, -0.1) is 4.52 Å². The molecule has 0 aliphatic heterocycles. The van der Waals surface area contributed by atoms with Crippen molar-refractivity contribution >= 4 is 17.9 Å². The van der Waals surface area contributed by atoms with E-state index in [0.29, 0.717) is 0 Å². The van der Waals surface area contributed by atoms with Crippen molar-refractivity contribution in [2.24, 2.45) is 7.05 Å². The van der Waals surface area contributed by atoms with Crippen LogP contribution in [-0.2, 0) is 7.05 Å².